The van der Waals surface area contributed by atoms with Gasteiger partial charge in [0.1, 0.15) is 18.2 Å². The number of aromatic nitrogens is 2. The summed E-state index contributed by atoms with van der Waals surface area (Å²) in [5.41, 5.74) is 2.96. The smallest absolute Gasteiger partial charge is 0.339 e. The fourth-order valence-corrected chi connectivity index (χ4v) is 5.61. The van der Waals surface area contributed by atoms with Crippen molar-refractivity contribution in [1.29, 1.82) is 0 Å². The second kappa shape index (κ2) is 14.4. The Hall–Kier alpha value is -4.64. The molecule has 0 radical (unpaired) electrons. The van der Waals surface area contributed by atoms with Crippen LogP contribution >= 0.6 is 11.6 Å². The number of rotatable bonds is 12. The van der Waals surface area contributed by atoms with E-state index in [0.717, 1.165) is 6.42 Å². The van der Waals surface area contributed by atoms with E-state index in [1.165, 1.54) is 12.1 Å². The monoisotopic (exact) mass is 645 g/mol. The van der Waals surface area contributed by atoms with E-state index < -0.39 is 23.1 Å². The van der Waals surface area contributed by atoms with Crippen molar-refractivity contribution in [3.63, 3.8) is 0 Å². The Kier molecular flexibility index (Phi) is 10.2. The minimum absolute atomic E-state index is 0.0671. The first-order valence-corrected chi connectivity index (χ1v) is 15.6. The van der Waals surface area contributed by atoms with Gasteiger partial charge in [-0.3, -0.25) is 14.1 Å². The van der Waals surface area contributed by atoms with E-state index in [-0.39, 0.29) is 35.2 Å². The predicted molar refractivity (Wildman–Crippen MR) is 172 cm³/mol. The second-order valence-corrected chi connectivity index (χ2v) is 11.2. The van der Waals surface area contributed by atoms with Crippen LogP contribution in [0.4, 0.5) is 10.1 Å². The molecule has 1 unspecified atom stereocenters. The van der Waals surface area contributed by atoms with Crippen molar-refractivity contribution in [3.05, 3.63) is 142 Å². The Balaban J connectivity index is 1.40. The molecule has 0 fully saturated rings. The fourth-order valence-electron chi connectivity index (χ4n) is 4.99. The van der Waals surface area contributed by atoms with Crippen LogP contribution in [-0.4, -0.2) is 30.1 Å². The van der Waals surface area contributed by atoms with Crippen LogP contribution in [0.2, 0.25) is 5.15 Å². The average molecular weight is 646 g/mol. The van der Waals surface area contributed by atoms with E-state index in [1.54, 1.807) is 89.5 Å². The third kappa shape index (κ3) is 7.37. The molecule has 0 aliphatic heterocycles. The first-order valence-electron chi connectivity index (χ1n) is 14.1. The lowest BCUT2D eigenvalue weighted by molar-refractivity contribution is 0.0461. The number of imidazole rings is 1. The van der Waals surface area contributed by atoms with Crippen molar-refractivity contribution in [3.8, 4) is 11.1 Å². The standard InChI is InChI=1S/C34H29ClFN3O5S/c1-2-10-31-37-33(35)30(21-44-34(41)27-15-7-6-14-26(27)32(40)22-11-4-3-5-12-22)39(31)20-24-18-17-23(19-28(24)36)25-13-8-9-16-29(25)38-45(42)43/h3-9,11-19,38H,2,10,20-21H2,1H3,(H,42,43). The number of hydrogen-bond acceptors (Lipinski definition) is 5. The molecule has 4 aromatic carbocycles. The number of para-hydroxylation sites is 1. The van der Waals surface area contributed by atoms with E-state index in [2.05, 4.69) is 9.71 Å². The molecule has 45 heavy (non-hydrogen) atoms. The Morgan fingerprint density at radius 2 is 1.67 bits per heavy atom. The molecule has 0 saturated heterocycles. The van der Waals surface area contributed by atoms with Gasteiger partial charge in [-0.15, -0.1) is 0 Å². The highest BCUT2D eigenvalue weighted by Crippen LogP contribution is 2.30. The quantitative estimate of drug-likeness (QED) is 0.0827. The molecule has 0 spiro atoms. The molecule has 1 heterocycles. The molecule has 0 aliphatic rings. The normalized spacial score (nSPS) is 11.6. The molecule has 0 bridgehead atoms. The molecule has 5 rings (SSSR count). The molecule has 5 aromatic rings. The number of benzene rings is 4. The highest BCUT2D eigenvalue weighted by Gasteiger charge is 2.22. The minimum atomic E-state index is -2.29. The zero-order valence-electron chi connectivity index (χ0n) is 24.2. The van der Waals surface area contributed by atoms with Crippen molar-refractivity contribution in [2.75, 3.05) is 4.72 Å². The van der Waals surface area contributed by atoms with Crippen molar-refractivity contribution < 1.29 is 27.5 Å². The molecule has 1 aromatic heterocycles. The van der Waals surface area contributed by atoms with Crippen LogP contribution in [0.15, 0.2) is 97.1 Å². The van der Waals surface area contributed by atoms with Crippen molar-refractivity contribution in [2.45, 2.75) is 32.9 Å². The zero-order valence-corrected chi connectivity index (χ0v) is 25.8. The maximum absolute atomic E-state index is 15.6. The summed E-state index contributed by atoms with van der Waals surface area (Å²) in [5, 5.41) is 0.133. The Labute approximate surface area is 267 Å². The van der Waals surface area contributed by atoms with Crippen LogP contribution in [0, 0.1) is 5.82 Å². The van der Waals surface area contributed by atoms with Gasteiger partial charge in [0.05, 0.1) is 23.5 Å². The molecular weight excluding hydrogens is 617 g/mol. The molecular formula is C34H29ClFN3O5S. The highest BCUT2D eigenvalue weighted by molar-refractivity contribution is 7.80. The summed E-state index contributed by atoms with van der Waals surface area (Å²) in [4.78, 5) is 30.9. The highest BCUT2D eigenvalue weighted by atomic mass is 35.5. The van der Waals surface area contributed by atoms with Crippen molar-refractivity contribution in [1.82, 2.24) is 9.55 Å². The van der Waals surface area contributed by atoms with Gasteiger partial charge in [-0.05, 0) is 30.2 Å². The van der Waals surface area contributed by atoms with Gasteiger partial charge in [-0.1, -0.05) is 97.4 Å². The van der Waals surface area contributed by atoms with Gasteiger partial charge in [0, 0.05) is 28.7 Å². The van der Waals surface area contributed by atoms with Gasteiger partial charge in [-0.2, -0.15) is 0 Å². The third-order valence-corrected chi connectivity index (χ3v) is 7.86. The number of esters is 1. The van der Waals surface area contributed by atoms with Crippen LogP contribution in [0.3, 0.4) is 0 Å². The maximum Gasteiger partial charge on any atom is 0.339 e. The number of halogens is 2. The summed E-state index contributed by atoms with van der Waals surface area (Å²) in [6, 6.07) is 26.6. The predicted octanol–water partition coefficient (Wildman–Crippen LogP) is 7.48. The summed E-state index contributed by atoms with van der Waals surface area (Å²) < 4.78 is 46.0. The van der Waals surface area contributed by atoms with Gasteiger partial charge in [0.15, 0.2) is 10.9 Å². The van der Waals surface area contributed by atoms with Gasteiger partial charge in [-0.25, -0.2) is 18.4 Å². The number of carbonyl (C=O) groups excluding carboxylic acids is 2. The Bertz CT molecular complexity index is 1880. The van der Waals surface area contributed by atoms with E-state index in [4.69, 9.17) is 16.3 Å². The largest absolute Gasteiger partial charge is 0.456 e. The van der Waals surface area contributed by atoms with Gasteiger partial charge in [0.2, 0.25) is 0 Å². The van der Waals surface area contributed by atoms with E-state index in [1.807, 2.05) is 6.92 Å². The number of hydrogen-bond donors (Lipinski definition) is 2. The molecule has 0 aliphatic carbocycles. The summed E-state index contributed by atoms with van der Waals surface area (Å²) >= 11 is 4.23. The van der Waals surface area contributed by atoms with Crippen LogP contribution in [-0.2, 0) is 35.6 Å². The number of ether oxygens (including phenoxy) is 1. The van der Waals surface area contributed by atoms with Crippen LogP contribution < -0.4 is 4.72 Å². The number of anilines is 1. The fraction of sp³-hybridized carbons (Fsp3) is 0.147. The second-order valence-electron chi connectivity index (χ2n) is 10.1. The average Bonchev–Trinajstić information content (AvgIpc) is 3.33. The number of ketones is 1. The SMILES string of the molecule is CCCc1nc(Cl)c(COC(=O)c2ccccc2C(=O)c2ccccc2)n1Cc1ccc(-c2ccccc2NS(=O)O)cc1F. The Morgan fingerprint density at radius 1 is 0.978 bits per heavy atom. The van der Waals surface area contributed by atoms with Gasteiger partial charge >= 0.3 is 5.97 Å². The molecule has 1 atom stereocenters. The van der Waals surface area contributed by atoms with Crippen LogP contribution in [0.5, 0.6) is 0 Å². The number of nitrogens with one attached hydrogen (secondary N) is 1. The molecule has 2 N–H and O–H groups in total. The molecule has 230 valence electrons. The van der Waals surface area contributed by atoms with E-state index >= 15 is 4.39 Å². The van der Waals surface area contributed by atoms with Crippen molar-refractivity contribution >= 4 is 40.3 Å². The molecule has 11 heteroatoms. The first-order chi connectivity index (χ1) is 21.8. The van der Waals surface area contributed by atoms with Crippen LogP contribution in [0.25, 0.3) is 11.1 Å². The molecule has 0 amide bonds. The lowest BCUT2D eigenvalue weighted by Crippen LogP contribution is -2.15. The summed E-state index contributed by atoms with van der Waals surface area (Å²) in [6.45, 7) is 1.80. The summed E-state index contributed by atoms with van der Waals surface area (Å²) in [7, 11) is 0. The zero-order chi connectivity index (χ0) is 31.9. The van der Waals surface area contributed by atoms with Gasteiger partial charge in [0.25, 0.3) is 11.3 Å². The van der Waals surface area contributed by atoms with Gasteiger partial charge < -0.3 is 9.30 Å². The molecule has 0 saturated carbocycles. The van der Waals surface area contributed by atoms with Crippen LogP contribution in [0.1, 0.15) is 56.7 Å². The van der Waals surface area contributed by atoms with E-state index in [0.29, 0.717) is 45.9 Å². The third-order valence-electron chi connectivity index (χ3n) is 7.16. The topological polar surface area (TPSA) is 111 Å². The number of nitrogens with zero attached hydrogens (tertiary/aromatic N) is 2. The summed E-state index contributed by atoms with van der Waals surface area (Å²) in [6.07, 6.45) is 1.30. The van der Waals surface area contributed by atoms with E-state index in [9.17, 15) is 18.4 Å². The number of carbonyl (C=O) groups is 2. The maximum atomic E-state index is 15.6. The minimum Gasteiger partial charge on any atom is -0.456 e. The number of aryl methyl sites for hydroxylation is 1. The summed E-state index contributed by atoms with van der Waals surface area (Å²) in [5.74, 6) is -0.909. The Morgan fingerprint density at radius 3 is 2.38 bits per heavy atom. The van der Waals surface area contributed by atoms with Crippen molar-refractivity contribution in [2.24, 2.45) is 0 Å². The first kappa shape index (κ1) is 31.8. The lowest BCUT2D eigenvalue weighted by Gasteiger charge is -2.15. The molecule has 8 nitrogen and oxygen atoms in total. The lowest BCUT2D eigenvalue weighted by atomic mass is 9.98.